The lowest BCUT2D eigenvalue weighted by Crippen LogP contribution is -2.63. The highest BCUT2D eigenvalue weighted by Gasteiger charge is 2.47. The SMILES string of the molecule is C[C@@]1(C(=O)NC2CCCCC2)Cc2ccccc2C(=O)N1Cc1ccc(F)cc1. The van der Waals surface area contributed by atoms with E-state index in [1.165, 1.54) is 18.6 Å². The molecule has 1 aliphatic heterocycles. The third-order valence-corrected chi connectivity index (χ3v) is 6.31. The fourth-order valence-electron chi connectivity index (χ4n) is 4.53. The van der Waals surface area contributed by atoms with E-state index in [0.717, 1.165) is 36.8 Å². The molecular weight excluding hydrogens is 367 g/mol. The van der Waals surface area contributed by atoms with Gasteiger partial charge in [-0.2, -0.15) is 0 Å². The van der Waals surface area contributed by atoms with E-state index in [-0.39, 0.29) is 30.2 Å². The van der Waals surface area contributed by atoms with E-state index >= 15 is 0 Å². The highest BCUT2D eigenvalue weighted by atomic mass is 19.1. The Bertz CT molecular complexity index is 905. The molecule has 1 saturated carbocycles. The molecule has 0 spiro atoms. The lowest BCUT2D eigenvalue weighted by Gasteiger charge is -2.45. The van der Waals surface area contributed by atoms with Crippen molar-refractivity contribution in [3.8, 4) is 0 Å². The van der Waals surface area contributed by atoms with Gasteiger partial charge in [-0.3, -0.25) is 9.59 Å². The number of hydrogen-bond donors (Lipinski definition) is 1. The molecule has 29 heavy (non-hydrogen) atoms. The highest BCUT2D eigenvalue weighted by molar-refractivity contribution is 6.02. The number of carbonyl (C=O) groups is 2. The van der Waals surface area contributed by atoms with E-state index in [4.69, 9.17) is 0 Å². The van der Waals surface area contributed by atoms with Crippen molar-refractivity contribution in [1.29, 1.82) is 0 Å². The van der Waals surface area contributed by atoms with Gasteiger partial charge in [-0.1, -0.05) is 49.6 Å². The lowest BCUT2D eigenvalue weighted by atomic mass is 9.82. The van der Waals surface area contributed by atoms with E-state index in [0.29, 0.717) is 12.0 Å². The van der Waals surface area contributed by atoms with Crippen molar-refractivity contribution >= 4 is 11.8 Å². The van der Waals surface area contributed by atoms with Gasteiger partial charge in [-0.15, -0.1) is 0 Å². The first-order chi connectivity index (χ1) is 14.0. The molecule has 0 saturated heterocycles. The third kappa shape index (κ3) is 3.91. The second kappa shape index (κ2) is 7.97. The zero-order chi connectivity index (χ0) is 20.4. The van der Waals surface area contributed by atoms with Gasteiger partial charge >= 0.3 is 0 Å². The monoisotopic (exact) mass is 394 g/mol. The number of benzene rings is 2. The van der Waals surface area contributed by atoms with Crippen LogP contribution in [-0.4, -0.2) is 28.3 Å². The fourth-order valence-corrected chi connectivity index (χ4v) is 4.53. The molecule has 2 aliphatic rings. The van der Waals surface area contributed by atoms with Crippen molar-refractivity contribution in [2.75, 3.05) is 0 Å². The van der Waals surface area contributed by atoms with Crippen LogP contribution in [0.15, 0.2) is 48.5 Å². The van der Waals surface area contributed by atoms with Crippen molar-refractivity contribution in [2.45, 2.75) is 63.6 Å². The van der Waals surface area contributed by atoms with Crippen molar-refractivity contribution in [1.82, 2.24) is 10.2 Å². The first-order valence-electron chi connectivity index (χ1n) is 10.4. The minimum Gasteiger partial charge on any atom is -0.351 e. The predicted octanol–water partition coefficient (Wildman–Crippen LogP) is 4.23. The number of nitrogens with one attached hydrogen (secondary N) is 1. The summed E-state index contributed by atoms with van der Waals surface area (Å²) in [7, 11) is 0. The summed E-state index contributed by atoms with van der Waals surface area (Å²) < 4.78 is 13.3. The lowest BCUT2D eigenvalue weighted by molar-refractivity contribution is -0.133. The Hall–Kier alpha value is -2.69. The van der Waals surface area contributed by atoms with E-state index in [9.17, 15) is 14.0 Å². The van der Waals surface area contributed by atoms with Gasteiger partial charge < -0.3 is 10.2 Å². The summed E-state index contributed by atoms with van der Waals surface area (Å²) in [5.41, 5.74) is 1.35. The summed E-state index contributed by atoms with van der Waals surface area (Å²) >= 11 is 0. The molecule has 0 unspecified atom stereocenters. The molecule has 2 amide bonds. The van der Waals surface area contributed by atoms with E-state index in [2.05, 4.69) is 5.32 Å². The number of halogens is 1. The summed E-state index contributed by atoms with van der Waals surface area (Å²) in [4.78, 5) is 28.5. The second-order valence-electron chi connectivity index (χ2n) is 8.43. The van der Waals surface area contributed by atoms with Gasteiger partial charge in [0.1, 0.15) is 11.4 Å². The van der Waals surface area contributed by atoms with Gasteiger partial charge in [-0.25, -0.2) is 4.39 Å². The standard InChI is InChI=1S/C24H27FN2O2/c1-24(23(29)26-20-8-3-2-4-9-20)15-18-7-5-6-10-21(18)22(28)27(24)16-17-11-13-19(25)14-12-17/h5-7,10-14,20H,2-4,8-9,15-16H2,1H3,(H,26,29)/t24-/m0/s1. The molecule has 0 bridgehead atoms. The molecule has 1 atom stereocenters. The van der Waals surface area contributed by atoms with Crippen LogP contribution in [0, 0.1) is 5.82 Å². The first-order valence-corrected chi connectivity index (χ1v) is 10.4. The highest BCUT2D eigenvalue weighted by Crippen LogP contribution is 2.33. The Kier molecular flexibility index (Phi) is 5.39. The molecule has 2 aromatic rings. The fraction of sp³-hybridized carbons (Fsp3) is 0.417. The summed E-state index contributed by atoms with van der Waals surface area (Å²) in [6.07, 6.45) is 5.92. The number of rotatable bonds is 4. The first kappa shape index (κ1) is 19.6. The van der Waals surface area contributed by atoms with Crippen LogP contribution in [0.5, 0.6) is 0 Å². The maximum atomic E-state index is 13.4. The quantitative estimate of drug-likeness (QED) is 0.844. The topological polar surface area (TPSA) is 49.4 Å². The molecule has 1 aliphatic carbocycles. The van der Waals surface area contributed by atoms with E-state index in [1.54, 1.807) is 17.0 Å². The van der Waals surface area contributed by atoms with Gasteiger partial charge in [0, 0.05) is 24.6 Å². The number of hydrogen-bond acceptors (Lipinski definition) is 2. The molecule has 5 heteroatoms. The summed E-state index contributed by atoms with van der Waals surface area (Å²) in [5.74, 6) is -0.575. The number of carbonyl (C=O) groups excluding carboxylic acids is 2. The maximum absolute atomic E-state index is 13.4. The molecular formula is C24H27FN2O2. The average molecular weight is 394 g/mol. The zero-order valence-corrected chi connectivity index (χ0v) is 16.8. The van der Waals surface area contributed by atoms with Crippen LogP contribution in [0.25, 0.3) is 0 Å². The summed E-state index contributed by atoms with van der Waals surface area (Å²) in [6.45, 7) is 2.12. The molecule has 2 aromatic carbocycles. The van der Waals surface area contributed by atoms with Gasteiger partial charge in [0.05, 0.1) is 0 Å². The van der Waals surface area contributed by atoms with Crippen molar-refractivity contribution in [3.63, 3.8) is 0 Å². The Morgan fingerprint density at radius 2 is 1.79 bits per heavy atom. The summed E-state index contributed by atoms with van der Waals surface area (Å²) in [5, 5.41) is 3.21. The van der Waals surface area contributed by atoms with Crippen LogP contribution >= 0.6 is 0 Å². The number of fused-ring (bicyclic) bond motifs is 1. The van der Waals surface area contributed by atoms with Gasteiger partial charge in [0.2, 0.25) is 5.91 Å². The minimum absolute atomic E-state index is 0.102. The van der Waals surface area contributed by atoms with Crippen LogP contribution < -0.4 is 5.32 Å². The van der Waals surface area contributed by atoms with Crippen molar-refractivity contribution in [2.24, 2.45) is 0 Å². The van der Waals surface area contributed by atoms with Crippen LogP contribution in [0.1, 0.15) is 60.5 Å². The molecule has 1 N–H and O–H groups in total. The molecule has 4 nitrogen and oxygen atoms in total. The Morgan fingerprint density at radius 1 is 1.10 bits per heavy atom. The second-order valence-corrected chi connectivity index (χ2v) is 8.43. The third-order valence-electron chi connectivity index (χ3n) is 6.31. The van der Waals surface area contributed by atoms with Crippen LogP contribution in [0.3, 0.4) is 0 Å². The maximum Gasteiger partial charge on any atom is 0.255 e. The molecule has 0 radical (unpaired) electrons. The smallest absolute Gasteiger partial charge is 0.255 e. The largest absolute Gasteiger partial charge is 0.351 e. The molecule has 1 heterocycles. The van der Waals surface area contributed by atoms with Gasteiger partial charge in [0.25, 0.3) is 5.91 Å². The summed E-state index contributed by atoms with van der Waals surface area (Å²) in [6, 6.07) is 13.8. The van der Waals surface area contributed by atoms with Crippen LogP contribution in [-0.2, 0) is 17.8 Å². The van der Waals surface area contributed by atoms with Crippen molar-refractivity contribution in [3.05, 3.63) is 71.0 Å². The van der Waals surface area contributed by atoms with Gasteiger partial charge in [-0.05, 0) is 49.1 Å². The van der Waals surface area contributed by atoms with Crippen LogP contribution in [0.2, 0.25) is 0 Å². The molecule has 152 valence electrons. The van der Waals surface area contributed by atoms with Crippen LogP contribution in [0.4, 0.5) is 4.39 Å². The average Bonchev–Trinajstić information content (AvgIpc) is 2.73. The predicted molar refractivity (Wildman–Crippen MR) is 110 cm³/mol. The van der Waals surface area contributed by atoms with Gasteiger partial charge in [0.15, 0.2) is 0 Å². The Morgan fingerprint density at radius 3 is 2.52 bits per heavy atom. The van der Waals surface area contributed by atoms with E-state index in [1.807, 2.05) is 31.2 Å². The minimum atomic E-state index is -0.989. The molecule has 0 aromatic heterocycles. The Labute approximate surface area is 171 Å². The Balaban J connectivity index is 1.66. The number of amides is 2. The molecule has 1 fully saturated rings. The van der Waals surface area contributed by atoms with E-state index < -0.39 is 5.54 Å². The normalized spacial score (nSPS) is 22.3. The number of nitrogens with zero attached hydrogens (tertiary/aromatic N) is 1. The zero-order valence-electron chi connectivity index (χ0n) is 16.8. The molecule has 4 rings (SSSR count). The van der Waals surface area contributed by atoms with Crippen molar-refractivity contribution < 1.29 is 14.0 Å².